The van der Waals surface area contributed by atoms with Crippen molar-refractivity contribution in [1.29, 1.82) is 0 Å². The van der Waals surface area contributed by atoms with Crippen molar-refractivity contribution in [1.82, 2.24) is 10.1 Å². The molecule has 0 aromatic heterocycles. The number of hydrogen-bond donors (Lipinski definition) is 3. The molecule has 10 heteroatoms. The van der Waals surface area contributed by atoms with Gasteiger partial charge in [0.15, 0.2) is 0 Å². The fourth-order valence-corrected chi connectivity index (χ4v) is 5.83. The zero-order chi connectivity index (χ0) is 23.8. The predicted octanol–water partition coefficient (Wildman–Crippen LogP) is 5.65. The predicted molar refractivity (Wildman–Crippen MR) is 134 cm³/mol. The molecule has 0 spiro atoms. The topological polar surface area (TPSA) is 96.6 Å². The lowest BCUT2D eigenvalue weighted by Gasteiger charge is -2.21. The molecule has 172 valence electrons. The Morgan fingerprint density at radius 2 is 1.73 bits per heavy atom. The summed E-state index contributed by atoms with van der Waals surface area (Å²) in [6.45, 7) is 1.71. The highest BCUT2D eigenvalue weighted by Crippen LogP contribution is 2.34. The first-order valence-electron chi connectivity index (χ1n) is 10.0. The molecule has 1 unspecified atom stereocenters. The molecular formula is C23H21Cl3N4O2S. The molecule has 3 aromatic carbocycles. The van der Waals surface area contributed by atoms with E-state index in [1.54, 1.807) is 49.4 Å². The molecule has 33 heavy (non-hydrogen) atoms. The summed E-state index contributed by atoms with van der Waals surface area (Å²) in [5.74, 6) is 0. The molecule has 0 saturated heterocycles. The summed E-state index contributed by atoms with van der Waals surface area (Å²) in [4.78, 5) is 0.0957. The highest BCUT2D eigenvalue weighted by molar-refractivity contribution is 7.89. The molecule has 0 aliphatic carbocycles. The molecule has 4 N–H and O–H groups in total. The van der Waals surface area contributed by atoms with Crippen LogP contribution in [0.1, 0.15) is 35.2 Å². The summed E-state index contributed by atoms with van der Waals surface area (Å²) in [6, 6.07) is 16.2. The van der Waals surface area contributed by atoms with Crippen LogP contribution in [0.4, 0.5) is 5.69 Å². The lowest BCUT2D eigenvalue weighted by atomic mass is 9.96. The number of rotatable bonds is 6. The van der Waals surface area contributed by atoms with Crippen molar-refractivity contribution < 1.29 is 8.42 Å². The average Bonchev–Trinajstić information content (AvgIpc) is 3.25. The van der Waals surface area contributed by atoms with Crippen LogP contribution in [0.5, 0.6) is 0 Å². The second kappa shape index (κ2) is 9.52. The number of hydrazone groups is 1. The largest absolute Gasteiger partial charge is 0.399 e. The Kier molecular flexibility index (Phi) is 6.88. The van der Waals surface area contributed by atoms with Gasteiger partial charge in [-0.15, -0.1) is 0 Å². The number of aryl methyl sites for hydroxylation is 1. The van der Waals surface area contributed by atoms with E-state index in [1.165, 1.54) is 6.07 Å². The highest BCUT2D eigenvalue weighted by Gasteiger charge is 2.32. The second-order valence-corrected chi connectivity index (χ2v) is 10.7. The molecule has 0 radical (unpaired) electrons. The Labute approximate surface area is 207 Å². The summed E-state index contributed by atoms with van der Waals surface area (Å²) >= 11 is 18.6. The second-order valence-electron chi connectivity index (χ2n) is 7.79. The zero-order valence-corrected chi connectivity index (χ0v) is 20.6. The van der Waals surface area contributed by atoms with E-state index in [0.717, 1.165) is 5.56 Å². The quantitative estimate of drug-likeness (QED) is 0.364. The molecule has 1 aliphatic heterocycles. The van der Waals surface area contributed by atoms with Crippen LogP contribution in [-0.2, 0) is 10.0 Å². The van der Waals surface area contributed by atoms with Crippen LogP contribution in [0, 0.1) is 6.92 Å². The van der Waals surface area contributed by atoms with Crippen LogP contribution < -0.4 is 15.9 Å². The van der Waals surface area contributed by atoms with Gasteiger partial charge in [0.05, 0.1) is 22.7 Å². The van der Waals surface area contributed by atoms with Crippen LogP contribution in [-0.4, -0.2) is 14.1 Å². The number of nitrogens with two attached hydrogens (primary N) is 1. The normalized spacial score (nSPS) is 16.8. The van der Waals surface area contributed by atoms with Gasteiger partial charge < -0.3 is 11.2 Å². The van der Waals surface area contributed by atoms with Crippen LogP contribution in [0.2, 0.25) is 15.1 Å². The van der Waals surface area contributed by atoms with Crippen LogP contribution in [0.25, 0.3) is 0 Å². The Bertz CT molecular complexity index is 1330. The van der Waals surface area contributed by atoms with Gasteiger partial charge in [0.2, 0.25) is 10.0 Å². The van der Waals surface area contributed by atoms with Gasteiger partial charge >= 0.3 is 0 Å². The van der Waals surface area contributed by atoms with E-state index in [1.807, 2.05) is 12.1 Å². The van der Waals surface area contributed by atoms with Crippen molar-refractivity contribution in [3.05, 3.63) is 92.4 Å². The average molecular weight is 524 g/mol. The summed E-state index contributed by atoms with van der Waals surface area (Å²) in [5.41, 5.74) is 12.0. The Morgan fingerprint density at radius 1 is 1.03 bits per heavy atom. The minimum atomic E-state index is -3.96. The Hall–Kier alpha value is -2.29. The summed E-state index contributed by atoms with van der Waals surface area (Å²) in [7, 11) is -3.96. The lowest BCUT2D eigenvalue weighted by Crippen LogP contribution is -2.34. The maximum atomic E-state index is 13.4. The van der Waals surface area contributed by atoms with Gasteiger partial charge in [-0.25, -0.2) is 8.42 Å². The number of halogens is 3. The molecule has 0 saturated carbocycles. The van der Waals surface area contributed by atoms with E-state index in [-0.39, 0.29) is 10.9 Å². The lowest BCUT2D eigenvalue weighted by molar-refractivity contribution is 0.576. The van der Waals surface area contributed by atoms with E-state index < -0.39 is 16.1 Å². The third-order valence-electron chi connectivity index (χ3n) is 5.43. The van der Waals surface area contributed by atoms with E-state index >= 15 is 0 Å². The number of sulfonamides is 1. The maximum Gasteiger partial charge on any atom is 0.241 e. The molecule has 0 bridgehead atoms. The standard InChI is InChI=1S/C23H21Cl3N4O2S/c1-13-2-8-17(27)11-22(13)33(31,32)30-23(18-9-7-16(25)10-19(18)26)21-12-20(28-29-21)14-3-5-15(24)6-4-14/h2-11,20,23,28,30H,12,27H2,1H3/t20?,23-/m1/s1. The van der Waals surface area contributed by atoms with Gasteiger partial charge in [-0.2, -0.15) is 9.82 Å². The first kappa shape index (κ1) is 23.9. The number of hydrogen-bond acceptors (Lipinski definition) is 5. The minimum Gasteiger partial charge on any atom is -0.399 e. The van der Waals surface area contributed by atoms with E-state index in [2.05, 4.69) is 15.2 Å². The number of anilines is 1. The van der Waals surface area contributed by atoms with Gasteiger partial charge in [0, 0.05) is 27.2 Å². The van der Waals surface area contributed by atoms with Crippen molar-refractivity contribution >= 4 is 56.2 Å². The van der Waals surface area contributed by atoms with E-state index in [4.69, 9.17) is 40.5 Å². The number of nitrogens with one attached hydrogen (secondary N) is 2. The fourth-order valence-electron chi connectivity index (χ4n) is 3.70. The van der Waals surface area contributed by atoms with Crippen molar-refractivity contribution in [2.24, 2.45) is 5.10 Å². The van der Waals surface area contributed by atoms with Crippen LogP contribution >= 0.6 is 34.8 Å². The molecule has 1 aliphatic rings. The fraction of sp³-hybridized carbons (Fsp3) is 0.174. The third kappa shape index (κ3) is 5.28. The summed E-state index contributed by atoms with van der Waals surface area (Å²) < 4.78 is 29.5. The zero-order valence-electron chi connectivity index (χ0n) is 17.5. The maximum absolute atomic E-state index is 13.4. The van der Waals surface area contributed by atoms with Gasteiger partial charge in [0.25, 0.3) is 0 Å². The number of benzene rings is 3. The molecule has 0 amide bonds. The number of nitrogens with zero attached hydrogens (tertiary/aromatic N) is 1. The monoisotopic (exact) mass is 522 g/mol. The Balaban J connectivity index is 1.70. The first-order chi connectivity index (χ1) is 15.6. The summed E-state index contributed by atoms with van der Waals surface area (Å²) in [6.07, 6.45) is 0.462. The van der Waals surface area contributed by atoms with E-state index in [0.29, 0.717) is 44.0 Å². The SMILES string of the molecule is Cc1ccc(N)cc1S(=O)(=O)N[C@@H](C1=NNC(c2ccc(Cl)cc2)C1)c1ccc(Cl)cc1Cl. The molecule has 6 nitrogen and oxygen atoms in total. The van der Waals surface area contributed by atoms with Crippen molar-refractivity contribution in [2.45, 2.75) is 30.3 Å². The van der Waals surface area contributed by atoms with Crippen molar-refractivity contribution in [3.63, 3.8) is 0 Å². The molecule has 1 heterocycles. The van der Waals surface area contributed by atoms with Gasteiger partial charge in [0.1, 0.15) is 0 Å². The smallest absolute Gasteiger partial charge is 0.241 e. The molecule has 2 atom stereocenters. The van der Waals surface area contributed by atoms with Gasteiger partial charge in [-0.1, -0.05) is 59.1 Å². The third-order valence-corrected chi connectivity index (χ3v) is 7.81. The van der Waals surface area contributed by atoms with Crippen molar-refractivity contribution in [2.75, 3.05) is 5.73 Å². The molecule has 3 aromatic rings. The van der Waals surface area contributed by atoms with Crippen LogP contribution in [0.3, 0.4) is 0 Å². The van der Waals surface area contributed by atoms with E-state index in [9.17, 15) is 8.42 Å². The van der Waals surface area contributed by atoms with Crippen molar-refractivity contribution in [3.8, 4) is 0 Å². The first-order valence-corrected chi connectivity index (χ1v) is 12.7. The molecule has 0 fully saturated rings. The van der Waals surface area contributed by atoms with Gasteiger partial charge in [-0.05, 0) is 60.0 Å². The number of nitrogen functional groups attached to an aromatic ring is 1. The Morgan fingerprint density at radius 3 is 2.42 bits per heavy atom. The summed E-state index contributed by atoms with van der Waals surface area (Å²) in [5, 5.41) is 5.88. The minimum absolute atomic E-state index is 0.0957. The van der Waals surface area contributed by atoms with Crippen LogP contribution in [0.15, 0.2) is 70.7 Å². The molecular weight excluding hydrogens is 503 g/mol. The highest BCUT2D eigenvalue weighted by atomic mass is 35.5. The van der Waals surface area contributed by atoms with Gasteiger partial charge in [-0.3, -0.25) is 0 Å². The molecule has 4 rings (SSSR count).